The maximum atomic E-state index is 14.9. The van der Waals surface area contributed by atoms with Crippen LogP contribution in [0.5, 0.6) is 0 Å². The van der Waals surface area contributed by atoms with Crippen LogP contribution < -0.4 is 27.5 Å². The second-order valence-electron chi connectivity index (χ2n) is 30.6. The van der Waals surface area contributed by atoms with Gasteiger partial charge in [-0.1, -0.05) is 51.5 Å². The van der Waals surface area contributed by atoms with E-state index in [1.165, 1.54) is 18.9 Å². The van der Waals surface area contributed by atoms with Crippen LogP contribution in [0.15, 0.2) is 41.3 Å². The molecular formula is C72H130N16O23. The fourth-order valence-electron chi connectivity index (χ4n) is 13.7. The lowest BCUT2D eigenvalue weighted by atomic mass is 9.84. The van der Waals surface area contributed by atoms with Crippen LogP contribution in [0.1, 0.15) is 156 Å². The molecule has 636 valence electrons. The molecule has 21 atom stereocenters. The van der Waals surface area contributed by atoms with Crippen LogP contribution in [0.2, 0.25) is 0 Å². The van der Waals surface area contributed by atoms with Gasteiger partial charge in [-0.15, -0.1) is 10.2 Å². The molecule has 0 aromatic carbocycles. The molecule has 0 saturated carbocycles. The summed E-state index contributed by atoms with van der Waals surface area (Å²) in [7, 11) is 0. The SMILES string of the molecule is CC(=O)N[C@H]1[C@H](OCCCCCN(N)/C=C(\N)CN(C/C(=C/NCCCCCO[C@@H]2O[C@H](CO)[C@H](O)[C@H](O)[C@H]2C)N=N)[C@H](CCCCN(Cc2cn(CCCCCO[C@@H]3O[C@H](CO)[C@H](O)[C@H](O)[C@H]3C)nn2)Cc2cn(CCCCCO[C@@H]3O[C@H](CO)[C@H](O)[C@H](O)[C@H]3NC(C)=O)nn2)C(=O)C(C)(C)C)O[C@H](CO)[C@H](O)[C@@H]1O. The van der Waals surface area contributed by atoms with E-state index in [9.17, 15) is 75.7 Å². The van der Waals surface area contributed by atoms with E-state index in [-0.39, 0.29) is 32.1 Å². The van der Waals surface area contributed by atoms with Crippen molar-refractivity contribution in [3.8, 4) is 0 Å². The predicted molar refractivity (Wildman–Crippen MR) is 396 cm³/mol. The summed E-state index contributed by atoms with van der Waals surface area (Å²) in [6.45, 7) is 13.9. The third kappa shape index (κ3) is 30.5. The number of unbranched alkanes of at least 4 members (excludes halogenated alkanes) is 9. The maximum Gasteiger partial charge on any atom is 0.217 e. The molecule has 6 rings (SSSR count). The molecule has 4 aliphatic rings. The minimum Gasteiger partial charge on any atom is -0.400 e. The number of nitrogens with two attached hydrogens (primary N) is 2. The molecule has 4 aliphatic heterocycles. The lowest BCUT2D eigenvalue weighted by molar-refractivity contribution is -0.282. The van der Waals surface area contributed by atoms with Crippen molar-refractivity contribution in [3.05, 3.63) is 47.6 Å². The zero-order chi connectivity index (χ0) is 81.3. The van der Waals surface area contributed by atoms with Gasteiger partial charge in [-0.05, 0) is 96.4 Å². The predicted octanol–water partition coefficient (Wildman–Crippen LogP) is -2.45. The molecule has 0 radical (unpaired) electrons. The standard InChI is InChI=1S/C72H130N16O23/c1-44-59(95)61(97)53(40-89)108-68(44)104-28-18-8-13-23-76-32-49(79-74)37-85(33-48(73)34-86(75)25-14-9-19-30-106-70-57(77-46(3)93)65(101)63(99)55(42-91)110-70)52(67(103)72(5,6)7)22-12-17-24-84(35-50-38-87(82-80-50)26-15-10-20-29-105-69-45(2)60(96)62(98)54(41-90)109-69)36-51-39-88(83-81-51)27-16-11-21-31-107-71-58(78-47(4)94)66(102)64(100)56(43-92)111-71/h32,34,38-39,44-45,52-66,68-71,74,76,89-92,95-102H,8-31,33,35-37,40-43,73,75H2,1-7H3,(H,77,93)(H,78,94)/b48-34-,49-32-,79-74?/t44-,45-,52-,53-,54-,55-,56-,57-,58-,59-,60-,61+,62+,63+,64+,65-,66-,68-,69-,70-,71-/m1/s1. The monoisotopic (exact) mass is 1590 g/mol. The van der Waals surface area contributed by atoms with Gasteiger partial charge in [0.25, 0.3) is 0 Å². The molecule has 39 heteroatoms. The van der Waals surface area contributed by atoms with Crippen molar-refractivity contribution in [1.82, 2.24) is 60.7 Å². The molecule has 4 saturated heterocycles. The summed E-state index contributed by atoms with van der Waals surface area (Å²) in [5.41, 5.74) is 16.5. The molecule has 111 heavy (non-hydrogen) atoms. The van der Waals surface area contributed by atoms with Crippen LogP contribution in [0.3, 0.4) is 0 Å². The Bertz CT molecular complexity index is 3060. The van der Waals surface area contributed by atoms with Crippen molar-refractivity contribution in [2.24, 2.45) is 33.9 Å². The fourth-order valence-corrected chi connectivity index (χ4v) is 13.7. The van der Waals surface area contributed by atoms with Gasteiger partial charge in [0, 0.05) is 140 Å². The van der Waals surface area contributed by atoms with Gasteiger partial charge in [0.15, 0.2) is 30.9 Å². The lowest BCUT2D eigenvalue weighted by Crippen LogP contribution is -2.64. The van der Waals surface area contributed by atoms with Gasteiger partial charge in [0.05, 0.1) is 61.8 Å². The van der Waals surface area contributed by atoms with Crippen LogP contribution in [0.25, 0.3) is 0 Å². The number of carbonyl (C=O) groups is 3. The number of Topliss-reactive ketones (excluding diaryl/α,β-unsaturated/α-hetero) is 1. The van der Waals surface area contributed by atoms with Gasteiger partial charge in [0.1, 0.15) is 73.1 Å². The first-order chi connectivity index (χ1) is 53.0. The number of carbonyl (C=O) groups excluding carboxylic acids is 3. The molecule has 4 fully saturated rings. The summed E-state index contributed by atoms with van der Waals surface area (Å²) in [6.07, 6.45) is -1.72. The highest BCUT2D eigenvalue weighted by Crippen LogP contribution is 2.31. The van der Waals surface area contributed by atoms with Crippen LogP contribution in [-0.2, 0) is 78.5 Å². The lowest BCUT2D eigenvalue weighted by Gasteiger charge is -2.42. The third-order valence-electron chi connectivity index (χ3n) is 20.2. The second kappa shape index (κ2) is 48.7. The van der Waals surface area contributed by atoms with Crippen molar-refractivity contribution >= 4 is 17.6 Å². The van der Waals surface area contributed by atoms with Crippen molar-refractivity contribution in [2.45, 2.75) is 287 Å². The van der Waals surface area contributed by atoms with Gasteiger partial charge < -0.3 is 126 Å². The van der Waals surface area contributed by atoms with E-state index in [1.807, 2.05) is 38.1 Å². The number of hydrogen-bond acceptors (Lipinski definition) is 35. The van der Waals surface area contributed by atoms with Crippen LogP contribution in [0.4, 0.5) is 0 Å². The van der Waals surface area contributed by atoms with Crippen LogP contribution in [0, 0.1) is 22.8 Å². The zero-order valence-electron chi connectivity index (χ0n) is 65.5. The van der Waals surface area contributed by atoms with E-state index in [1.54, 1.807) is 35.6 Å². The highest BCUT2D eigenvalue weighted by molar-refractivity contribution is 5.88. The molecular weight excluding hydrogens is 1460 g/mol. The van der Waals surface area contributed by atoms with E-state index in [2.05, 4.69) is 46.6 Å². The molecule has 0 aliphatic carbocycles. The maximum absolute atomic E-state index is 14.9. The largest absolute Gasteiger partial charge is 0.400 e. The van der Waals surface area contributed by atoms with E-state index < -0.39 is 172 Å². The number of aryl methyl sites for hydroxylation is 2. The smallest absolute Gasteiger partial charge is 0.217 e. The number of hydrazine groups is 1. The molecule has 39 nitrogen and oxygen atoms in total. The summed E-state index contributed by atoms with van der Waals surface area (Å²) in [5.74, 6) is 4.56. The summed E-state index contributed by atoms with van der Waals surface area (Å²) >= 11 is 0. The number of aliphatic hydroxyl groups is 12. The van der Waals surface area contributed by atoms with E-state index >= 15 is 0 Å². The first-order valence-corrected chi connectivity index (χ1v) is 39.1. The highest BCUT2D eigenvalue weighted by Gasteiger charge is 2.48. The molecule has 20 N–H and O–H groups in total. The minimum atomic E-state index is -1.45. The Hall–Kier alpha value is -5.55. The summed E-state index contributed by atoms with van der Waals surface area (Å²) < 4.78 is 50.0. The number of rotatable bonds is 52. The quantitative estimate of drug-likeness (QED) is 0.0141. The van der Waals surface area contributed by atoms with E-state index in [0.29, 0.717) is 159 Å². The molecule has 0 spiro atoms. The Morgan fingerprint density at radius 2 is 0.982 bits per heavy atom. The Morgan fingerprint density at radius 1 is 0.577 bits per heavy atom. The van der Waals surface area contributed by atoms with Crippen molar-refractivity contribution in [3.63, 3.8) is 0 Å². The van der Waals surface area contributed by atoms with Crippen LogP contribution in [-0.4, -0.2) is 326 Å². The molecule has 6 heterocycles. The molecule has 2 aromatic rings. The van der Waals surface area contributed by atoms with Gasteiger partial charge in [-0.25, -0.2) is 11.4 Å². The average molecular weight is 1590 g/mol. The number of ketones is 1. The summed E-state index contributed by atoms with van der Waals surface area (Å²) in [6, 6.07) is -2.85. The fraction of sp³-hybridized carbons (Fsp3) is 0.847. The Balaban J connectivity index is 1.12. The summed E-state index contributed by atoms with van der Waals surface area (Å²) in [5, 5.41) is 154. The number of amides is 2. The van der Waals surface area contributed by atoms with Gasteiger partial charge in [-0.3, -0.25) is 33.5 Å². The number of nitrogens with zero attached hydrogens (tertiary/aromatic N) is 10. The minimum absolute atomic E-state index is 0.0437. The molecule has 0 unspecified atom stereocenters. The number of nitrogens with one attached hydrogen (secondary N) is 4. The summed E-state index contributed by atoms with van der Waals surface area (Å²) in [4.78, 5) is 42.9. The number of aliphatic hydroxyl groups excluding tert-OH is 12. The first-order valence-electron chi connectivity index (χ1n) is 39.1. The van der Waals surface area contributed by atoms with Gasteiger partial charge >= 0.3 is 0 Å². The topological polar surface area (TPSA) is 563 Å². The first kappa shape index (κ1) is 94.3. The average Bonchev–Trinajstić information content (AvgIpc) is 1.77. The van der Waals surface area contributed by atoms with Crippen molar-refractivity contribution < 1.29 is 114 Å². The Morgan fingerprint density at radius 3 is 1.41 bits per heavy atom. The van der Waals surface area contributed by atoms with Gasteiger partial charge in [-0.2, -0.15) is 5.11 Å². The molecule has 2 amide bonds. The number of ether oxygens (including phenoxy) is 8. The van der Waals surface area contributed by atoms with E-state index in [4.69, 9.17) is 55.0 Å². The molecule has 2 aromatic heterocycles. The number of aromatic nitrogens is 6. The Labute approximate surface area is 649 Å². The van der Waals surface area contributed by atoms with E-state index in [0.717, 1.165) is 19.3 Å². The number of hydrogen-bond donors (Lipinski definition) is 18. The second-order valence-corrected chi connectivity index (χ2v) is 30.6. The van der Waals surface area contributed by atoms with Crippen LogP contribution >= 0.6 is 0 Å². The Kier molecular flexibility index (Phi) is 41.4. The van der Waals surface area contributed by atoms with Crippen molar-refractivity contribution in [1.29, 1.82) is 5.53 Å². The van der Waals surface area contributed by atoms with Crippen molar-refractivity contribution in [2.75, 3.05) is 85.6 Å². The zero-order valence-corrected chi connectivity index (χ0v) is 65.5. The highest BCUT2D eigenvalue weighted by atomic mass is 16.7. The molecule has 0 bridgehead atoms. The normalized spacial score (nSPS) is 29.2. The van der Waals surface area contributed by atoms with Gasteiger partial charge in [0.2, 0.25) is 11.8 Å². The third-order valence-corrected chi connectivity index (χ3v) is 20.2.